The van der Waals surface area contributed by atoms with Gasteiger partial charge in [-0.25, -0.2) is 4.98 Å². The molecule has 1 heterocycles. The summed E-state index contributed by atoms with van der Waals surface area (Å²) in [5.74, 6) is -0.944. The Morgan fingerprint density at radius 3 is 2.75 bits per heavy atom. The van der Waals surface area contributed by atoms with Crippen LogP contribution in [0.15, 0.2) is 6.20 Å². The molecule has 1 aromatic heterocycles. The minimum absolute atomic E-state index is 0.0729. The summed E-state index contributed by atoms with van der Waals surface area (Å²) in [6.07, 6.45) is 1.13. The first-order valence-corrected chi connectivity index (χ1v) is 4.13. The van der Waals surface area contributed by atoms with Crippen LogP contribution in [0.25, 0.3) is 0 Å². The van der Waals surface area contributed by atoms with Crippen LogP contribution in [0.3, 0.4) is 0 Å². The van der Waals surface area contributed by atoms with Gasteiger partial charge in [0.2, 0.25) is 11.0 Å². The van der Waals surface area contributed by atoms with Crippen molar-refractivity contribution in [1.82, 2.24) is 4.98 Å². The van der Waals surface area contributed by atoms with Crippen molar-refractivity contribution in [2.24, 2.45) is 0 Å². The first-order chi connectivity index (χ1) is 5.54. The van der Waals surface area contributed by atoms with Gasteiger partial charge in [0.15, 0.2) is 0 Å². The quantitative estimate of drug-likeness (QED) is 0.346. The van der Waals surface area contributed by atoms with Gasteiger partial charge in [-0.05, 0) is 22.6 Å². The molecule has 12 heavy (non-hydrogen) atoms. The molecule has 4 nitrogen and oxygen atoms in total. The van der Waals surface area contributed by atoms with Crippen LogP contribution in [0.4, 0.5) is 10.1 Å². The zero-order valence-corrected chi connectivity index (χ0v) is 8.34. The molecule has 0 amide bonds. The van der Waals surface area contributed by atoms with Crippen molar-refractivity contribution in [3.63, 3.8) is 0 Å². The average molecular weight is 302 g/mol. The first-order valence-electron chi connectivity index (χ1n) is 2.68. The molecule has 64 valence electrons. The third kappa shape index (κ3) is 1.63. The van der Waals surface area contributed by atoms with Gasteiger partial charge in [-0.2, -0.15) is 4.39 Å². The second-order valence-corrected chi connectivity index (χ2v) is 3.34. The number of nitrogens with zero attached hydrogens (tertiary/aromatic N) is 2. The predicted molar refractivity (Wildman–Crippen MR) is 48.6 cm³/mol. The molecule has 0 aliphatic heterocycles. The van der Waals surface area contributed by atoms with Crippen molar-refractivity contribution >= 4 is 39.9 Å². The number of pyridine rings is 1. The van der Waals surface area contributed by atoms with Gasteiger partial charge in [-0.3, -0.25) is 10.1 Å². The van der Waals surface area contributed by atoms with Gasteiger partial charge in [0, 0.05) is 6.20 Å². The van der Waals surface area contributed by atoms with Crippen molar-refractivity contribution in [2.75, 3.05) is 0 Å². The fraction of sp³-hybridized carbons (Fsp3) is 0. The maximum atomic E-state index is 12.9. The summed E-state index contributed by atoms with van der Waals surface area (Å²) >= 11 is 6.90. The van der Waals surface area contributed by atoms with Gasteiger partial charge in [0.05, 0.1) is 8.49 Å². The monoisotopic (exact) mass is 302 g/mol. The van der Waals surface area contributed by atoms with Gasteiger partial charge in [-0.1, -0.05) is 11.6 Å². The fourth-order valence-electron chi connectivity index (χ4n) is 0.590. The fourth-order valence-corrected chi connectivity index (χ4v) is 1.19. The lowest BCUT2D eigenvalue weighted by molar-refractivity contribution is -0.387. The largest absolute Gasteiger partial charge is 0.342 e. The van der Waals surface area contributed by atoms with Gasteiger partial charge < -0.3 is 0 Å². The van der Waals surface area contributed by atoms with Gasteiger partial charge in [0.25, 0.3) is 0 Å². The number of nitro groups is 1. The second kappa shape index (κ2) is 3.48. The van der Waals surface area contributed by atoms with Crippen molar-refractivity contribution in [2.45, 2.75) is 0 Å². The van der Waals surface area contributed by atoms with E-state index < -0.39 is 21.6 Å². The van der Waals surface area contributed by atoms with Crippen molar-refractivity contribution in [3.8, 4) is 0 Å². The van der Waals surface area contributed by atoms with E-state index >= 15 is 0 Å². The van der Waals surface area contributed by atoms with E-state index in [1.807, 2.05) is 0 Å². The third-order valence-corrected chi connectivity index (χ3v) is 2.12. The number of hydrogen-bond donors (Lipinski definition) is 0. The predicted octanol–water partition coefficient (Wildman–Crippen LogP) is 2.39. The molecule has 0 radical (unpaired) electrons. The Labute approximate surface area is 85.0 Å². The summed E-state index contributed by atoms with van der Waals surface area (Å²) in [5.41, 5.74) is -0.774. The van der Waals surface area contributed by atoms with E-state index in [-0.39, 0.29) is 3.57 Å². The average Bonchev–Trinajstić information content (AvgIpc) is 1.97. The van der Waals surface area contributed by atoms with Crippen molar-refractivity contribution < 1.29 is 9.31 Å². The maximum Gasteiger partial charge on any atom is 0.342 e. The molecule has 0 aliphatic carbocycles. The molecular formula is C5HClFIN2O2. The summed E-state index contributed by atoms with van der Waals surface area (Å²) in [4.78, 5) is 12.8. The second-order valence-electron chi connectivity index (χ2n) is 1.82. The third-order valence-electron chi connectivity index (χ3n) is 1.09. The van der Waals surface area contributed by atoms with E-state index in [1.165, 1.54) is 0 Å². The molecule has 1 aromatic rings. The Morgan fingerprint density at radius 1 is 1.75 bits per heavy atom. The Hall–Kier alpha value is -0.500. The standard InChI is InChI=1S/C5HClFIN2O2/c6-5-4(10(11)12)3(7)2(8)1-9-5/h1H. The molecule has 0 fully saturated rings. The summed E-state index contributed by atoms with van der Waals surface area (Å²) in [6.45, 7) is 0. The highest BCUT2D eigenvalue weighted by Gasteiger charge is 2.22. The van der Waals surface area contributed by atoms with Crippen molar-refractivity contribution in [3.05, 3.63) is 30.9 Å². The Balaban J connectivity index is 3.43. The highest BCUT2D eigenvalue weighted by molar-refractivity contribution is 14.1. The summed E-state index contributed by atoms with van der Waals surface area (Å²) in [5, 5.41) is 9.80. The highest BCUT2D eigenvalue weighted by Crippen LogP contribution is 2.27. The van der Waals surface area contributed by atoms with Crippen LogP contribution < -0.4 is 0 Å². The normalized spacial score (nSPS) is 9.92. The lowest BCUT2D eigenvalue weighted by Crippen LogP contribution is -1.97. The molecular weight excluding hydrogens is 301 g/mol. The van der Waals surface area contributed by atoms with Crippen LogP contribution in [0, 0.1) is 19.5 Å². The molecule has 0 bridgehead atoms. The Morgan fingerprint density at radius 2 is 2.33 bits per heavy atom. The lowest BCUT2D eigenvalue weighted by Gasteiger charge is -1.96. The van der Waals surface area contributed by atoms with E-state index in [0.717, 1.165) is 6.20 Å². The molecule has 0 aliphatic rings. The molecule has 1 rings (SSSR count). The Kier molecular flexibility index (Phi) is 2.78. The summed E-state index contributed by atoms with van der Waals surface area (Å²) in [6, 6.07) is 0. The van der Waals surface area contributed by atoms with Crippen LogP contribution in [0.2, 0.25) is 5.15 Å². The van der Waals surface area contributed by atoms with Crippen molar-refractivity contribution in [1.29, 1.82) is 0 Å². The van der Waals surface area contributed by atoms with E-state index in [0.29, 0.717) is 0 Å². The Bertz CT molecular complexity index is 346. The minimum Gasteiger partial charge on any atom is -0.258 e. The molecule has 7 heteroatoms. The zero-order chi connectivity index (χ0) is 9.30. The van der Waals surface area contributed by atoms with E-state index in [4.69, 9.17) is 11.6 Å². The number of rotatable bonds is 1. The number of halogens is 3. The van der Waals surface area contributed by atoms with Gasteiger partial charge in [0.1, 0.15) is 0 Å². The van der Waals surface area contributed by atoms with Crippen LogP contribution in [0.1, 0.15) is 0 Å². The van der Waals surface area contributed by atoms with Crippen LogP contribution in [-0.4, -0.2) is 9.91 Å². The lowest BCUT2D eigenvalue weighted by atomic mass is 10.4. The smallest absolute Gasteiger partial charge is 0.258 e. The topological polar surface area (TPSA) is 56.0 Å². The summed E-state index contributed by atoms with van der Waals surface area (Å²) in [7, 11) is 0. The SMILES string of the molecule is O=[N+]([O-])c1c(Cl)ncc(I)c1F. The molecule has 0 saturated heterocycles. The molecule has 0 spiro atoms. The van der Waals surface area contributed by atoms with E-state index in [1.54, 1.807) is 22.6 Å². The molecule has 0 aromatic carbocycles. The summed E-state index contributed by atoms with van der Waals surface area (Å²) < 4.78 is 13.0. The van der Waals surface area contributed by atoms with E-state index in [9.17, 15) is 14.5 Å². The van der Waals surface area contributed by atoms with Gasteiger partial charge >= 0.3 is 5.69 Å². The number of aromatic nitrogens is 1. The molecule has 0 N–H and O–H groups in total. The first kappa shape index (κ1) is 9.59. The van der Waals surface area contributed by atoms with Crippen LogP contribution in [0.5, 0.6) is 0 Å². The maximum absolute atomic E-state index is 12.9. The zero-order valence-electron chi connectivity index (χ0n) is 5.42. The highest BCUT2D eigenvalue weighted by atomic mass is 127. The van der Waals surface area contributed by atoms with Crippen LogP contribution in [-0.2, 0) is 0 Å². The molecule has 0 saturated carbocycles. The van der Waals surface area contributed by atoms with Gasteiger partial charge in [-0.15, -0.1) is 0 Å². The minimum atomic E-state index is -0.944. The van der Waals surface area contributed by atoms with Crippen LogP contribution >= 0.6 is 34.2 Å². The molecule has 0 atom stereocenters. The molecule has 0 unspecified atom stereocenters. The van der Waals surface area contributed by atoms with E-state index in [2.05, 4.69) is 4.98 Å². The number of hydrogen-bond acceptors (Lipinski definition) is 3.